The number of halogens is 2. The van der Waals surface area contributed by atoms with E-state index in [2.05, 4.69) is 32.0 Å². The fraction of sp³-hybridized carbons (Fsp3) is 0.0800. The summed E-state index contributed by atoms with van der Waals surface area (Å²) in [7, 11) is 0. The van der Waals surface area contributed by atoms with Gasteiger partial charge in [0.2, 0.25) is 0 Å². The second kappa shape index (κ2) is 9.70. The largest absolute Gasteiger partial charge is 0.328 e. The first-order valence-corrected chi connectivity index (χ1v) is 11.5. The minimum Gasteiger partial charge on any atom is -0.320 e. The molecule has 0 unspecified atom stereocenters. The lowest BCUT2D eigenvalue weighted by atomic mass is 10.2. The molecular weight excluding hydrogens is 520 g/mol. The Labute approximate surface area is 209 Å². The van der Waals surface area contributed by atoms with Crippen LogP contribution in [0.15, 0.2) is 71.2 Å². The topological polar surface area (TPSA) is 92.2 Å². The van der Waals surface area contributed by atoms with Gasteiger partial charge in [-0.25, -0.2) is 4.68 Å². The van der Waals surface area contributed by atoms with E-state index < -0.39 is 17.7 Å². The molecule has 0 aliphatic heterocycles. The quantitative estimate of drug-likeness (QED) is 0.293. The predicted octanol–water partition coefficient (Wildman–Crippen LogP) is 5.64. The van der Waals surface area contributed by atoms with Crippen LogP contribution in [0, 0.1) is 13.8 Å². The zero-order valence-corrected chi connectivity index (χ0v) is 20.6. The van der Waals surface area contributed by atoms with E-state index in [0.29, 0.717) is 27.3 Å². The number of carbonyl (C=O) groups excluding carboxylic acids is 3. The van der Waals surface area contributed by atoms with E-state index in [0.717, 1.165) is 15.6 Å². The summed E-state index contributed by atoms with van der Waals surface area (Å²) in [5, 5.41) is 6.55. The van der Waals surface area contributed by atoms with Crippen molar-refractivity contribution in [2.45, 2.75) is 13.8 Å². The minimum atomic E-state index is -0.943. The van der Waals surface area contributed by atoms with Crippen molar-refractivity contribution in [2.24, 2.45) is 0 Å². The number of anilines is 2. The van der Waals surface area contributed by atoms with Gasteiger partial charge < -0.3 is 10.6 Å². The van der Waals surface area contributed by atoms with Gasteiger partial charge in [-0.1, -0.05) is 51.8 Å². The molecule has 0 spiro atoms. The van der Waals surface area contributed by atoms with E-state index in [1.807, 2.05) is 38.1 Å². The molecule has 0 saturated carbocycles. The SMILES string of the molecule is Cc1ccc(NC(=O)C(=O)Nn2c(C(=O)Nc3ccccc3C)cc3cc(Br)ccc32)cc1Cl. The first-order chi connectivity index (χ1) is 16.2. The molecule has 3 aromatic carbocycles. The fourth-order valence-corrected chi connectivity index (χ4v) is 3.94. The van der Waals surface area contributed by atoms with Gasteiger partial charge in [-0.15, -0.1) is 0 Å². The Bertz CT molecular complexity index is 1450. The van der Waals surface area contributed by atoms with Crippen LogP contribution >= 0.6 is 27.5 Å². The Morgan fingerprint density at radius 2 is 1.62 bits per heavy atom. The van der Waals surface area contributed by atoms with Gasteiger partial charge in [-0.3, -0.25) is 19.8 Å². The van der Waals surface area contributed by atoms with Crippen molar-refractivity contribution in [3.05, 3.63) is 93.0 Å². The Hall–Kier alpha value is -3.62. The molecule has 4 aromatic rings. The fourth-order valence-electron chi connectivity index (χ4n) is 3.38. The van der Waals surface area contributed by atoms with E-state index in [1.54, 1.807) is 42.5 Å². The third-order valence-electron chi connectivity index (χ3n) is 5.24. The van der Waals surface area contributed by atoms with Crippen molar-refractivity contribution in [1.82, 2.24) is 4.68 Å². The van der Waals surface area contributed by atoms with Gasteiger partial charge >= 0.3 is 11.8 Å². The zero-order chi connectivity index (χ0) is 24.4. The highest BCUT2D eigenvalue weighted by Crippen LogP contribution is 2.25. The maximum absolute atomic E-state index is 13.1. The molecule has 1 aromatic heterocycles. The highest BCUT2D eigenvalue weighted by Gasteiger charge is 2.21. The molecule has 34 heavy (non-hydrogen) atoms. The van der Waals surface area contributed by atoms with Gasteiger partial charge in [0.15, 0.2) is 0 Å². The molecule has 3 amide bonds. The number of carbonyl (C=O) groups is 3. The summed E-state index contributed by atoms with van der Waals surface area (Å²) in [6.45, 7) is 3.71. The molecule has 9 heteroatoms. The van der Waals surface area contributed by atoms with Crippen molar-refractivity contribution in [2.75, 3.05) is 16.1 Å². The number of nitrogens with zero attached hydrogens (tertiary/aromatic N) is 1. The second-order valence-corrected chi connectivity index (χ2v) is 9.02. The number of hydrogen-bond donors (Lipinski definition) is 3. The molecule has 0 saturated heterocycles. The number of aromatic nitrogens is 1. The van der Waals surface area contributed by atoms with Crippen LogP contribution in [0.3, 0.4) is 0 Å². The first kappa shape index (κ1) is 23.5. The summed E-state index contributed by atoms with van der Waals surface area (Å²) in [6.07, 6.45) is 0. The van der Waals surface area contributed by atoms with Crippen LogP contribution in [-0.2, 0) is 9.59 Å². The van der Waals surface area contributed by atoms with Crippen LogP contribution in [0.1, 0.15) is 21.6 Å². The molecule has 0 atom stereocenters. The van der Waals surface area contributed by atoms with Crippen LogP contribution in [0.25, 0.3) is 10.9 Å². The summed E-state index contributed by atoms with van der Waals surface area (Å²) in [5.41, 5.74) is 6.02. The van der Waals surface area contributed by atoms with Gasteiger partial charge in [-0.2, -0.15) is 0 Å². The standard InChI is InChI=1S/C25H20BrClN4O3/c1-14-7-9-18(13-19(14)27)28-24(33)25(34)30-31-21-10-8-17(26)11-16(21)12-22(31)23(32)29-20-6-4-3-5-15(20)2/h3-13H,1-2H3,(H,28,33)(H,29,32)(H,30,34). The predicted molar refractivity (Wildman–Crippen MR) is 138 cm³/mol. The number of benzene rings is 3. The van der Waals surface area contributed by atoms with Crippen LogP contribution in [0.5, 0.6) is 0 Å². The highest BCUT2D eigenvalue weighted by molar-refractivity contribution is 9.10. The summed E-state index contributed by atoms with van der Waals surface area (Å²) in [5.74, 6) is -2.28. The molecule has 0 aliphatic carbocycles. The maximum atomic E-state index is 13.1. The Morgan fingerprint density at radius 3 is 2.35 bits per heavy atom. The average molecular weight is 540 g/mol. The molecule has 4 rings (SSSR count). The van der Waals surface area contributed by atoms with Crippen molar-refractivity contribution in [3.63, 3.8) is 0 Å². The number of aryl methyl sites for hydroxylation is 2. The van der Waals surface area contributed by atoms with E-state index in [4.69, 9.17) is 11.6 Å². The number of fused-ring (bicyclic) bond motifs is 1. The normalized spacial score (nSPS) is 10.7. The smallest absolute Gasteiger partial charge is 0.320 e. The van der Waals surface area contributed by atoms with Crippen LogP contribution in [0.2, 0.25) is 5.02 Å². The molecule has 0 aliphatic rings. The van der Waals surface area contributed by atoms with Crippen molar-refractivity contribution >= 4 is 67.5 Å². The van der Waals surface area contributed by atoms with Gasteiger partial charge in [-0.05, 0) is 67.4 Å². The third kappa shape index (κ3) is 4.98. The van der Waals surface area contributed by atoms with E-state index in [9.17, 15) is 14.4 Å². The lowest BCUT2D eigenvalue weighted by molar-refractivity contribution is -0.133. The zero-order valence-electron chi connectivity index (χ0n) is 18.3. The number of nitrogens with one attached hydrogen (secondary N) is 3. The number of amides is 3. The lowest BCUT2D eigenvalue weighted by Crippen LogP contribution is -2.36. The molecular formula is C25H20BrClN4O3. The number of para-hydroxylation sites is 1. The van der Waals surface area contributed by atoms with Crippen LogP contribution < -0.4 is 16.1 Å². The lowest BCUT2D eigenvalue weighted by Gasteiger charge is -2.13. The van der Waals surface area contributed by atoms with Crippen molar-refractivity contribution in [1.29, 1.82) is 0 Å². The summed E-state index contributed by atoms with van der Waals surface area (Å²) < 4.78 is 2.11. The average Bonchev–Trinajstić information content (AvgIpc) is 3.15. The minimum absolute atomic E-state index is 0.163. The molecule has 7 nitrogen and oxygen atoms in total. The van der Waals surface area contributed by atoms with E-state index in [1.165, 1.54) is 4.68 Å². The highest BCUT2D eigenvalue weighted by atomic mass is 79.9. The van der Waals surface area contributed by atoms with Gasteiger partial charge in [0, 0.05) is 26.3 Å². The van der Waals surface area contributed by atoms with Gasteiger partial charge in [0.1, 0.15) is 5.69 Å². The molecule has 172 valence electrons. The second-order valence-electron chi connectivity index (χ2n) is 7.70. The summed E-state index contributed by atoms with van der Waals surface area (Å²) in [6, 6.07) is 19.3. The molecule has 1 heterocycles. The Balaban J connectivity index is 1.63. The van der Waals surface area contributed by atoms with Crippen molar-refractivity contribution in [3.8, 4) is 0 Å². The molecule has 0 radical (unpaired) electrons. The Morgan fingerprint density at radius 1 is 0.853 bits per heavy atom. The monoisotopic (exact) mass is 538 g/mol. The van der Waals surface area contributed by atoms with Gasteiger partial charge in [0.25, 0.3) is 5.91 Å². The van der Waals surface area contributed by atoms with Crippen LogP contribution in [-0.4, -0.2) is 22.4 Å². The molecule has 3 N–H and O–H groups in total. The summed E-state index contributed by atoms with van der Waals surface area (Å²) in [4.78, 5) is 38.4. The number of rotatable bonds is 4. The summed E-state index contributed by atoms with van der Waals surface area (Å²) >= 11 is 9.52. The van der Waals surface area contributed by atoms with Crippen LogP contribution in [0.4, 0.5) is 11.4 Å². The maximum Gasteiger partial charge on any atom is 0.328 e. The van der Waals surface area contributed by atoms with Gasteiger partial charge in [0.05, 0.1) is 5.52 Å². The van der Waals surface area contributed by atoms with E-state index >= 15 is 0 Å². The van der Waals surface area contributed by atoms with E-state index in [-0.39, 0.29) is 5.69 Å². The molecule has 0 fully saturated rings. The van der Waals surface area contributed by atoms with Crippen molar-refractivity contribution < 1.29 is 14.4 Å². The molecule has 0 bridgehead atoms. The number of hydrogen-bond acceptors (Lipinski definition) is 3. The Kier molecular flexibility index (Phi) is 6.72. The third-order valence-corrected chi connectivity index (χ3v) is 6.14. The first-order valence-electron chi connectivity index (χ1n) is 10.3.